The minimum atomic E-state index is -0.342. The van der Waals surface area contributed by atoms with E-state index in [4.69, 9.17) is 0 Å². The Kier molecular flexibility index (Phi) is 4.90. The fourth-order valence-electron chi connectivity index (χ4n) is 1.87. The number of nitrogens with zero attached hydrogens (tertiary/aromatic N) is 2. The van der Waals surface area contributed by atoms with Gasteiger partial charge in [0.25, 0.3) is 5.56 Å². The molecule has 0 saturated carbocycles. The van der Waals surface area contributed by atoms with Crippen LogP contribution in [0.15, 0.2) is 41.2 Å². The third kappa shape index (κ3) is 3.45. The smallest absolute Gasteiger partial charge is 0.275 e. The standard InChI is InChI=1S/C15H19N3O2/c1-2-3-9-16-11-13-14(19)10-15(20)18(17-13)12-7-5-4-6-8-12/h4-8,10,16,19H,2-3,9,11H2,1H3. The van der Waals surface area contributed by atoms with Crippen LogP contribution in [0.3, 0.4) is 0 Å². The van der Waals surface area contributed by atoms with E-state index in [-0.39, 0.29) is 11.3 Å². The molecule has 5 nitrogen and oxygen atoms in total. The van der Waals surface area contributed by atoms with Crippen molar-refractivity contribution in [3.8, 4) is 11.4 Å². The van der Waals surface area contributed by atoms with Gasteiger partial charge in [-0.3, -0.25) is 4.79 Å². The second-order valence-corrected chi connectivity index (χ2v) is 4.59. The normalized spacial score (nSPS) is 10.7. The molecule has 1 heterocycles. The van der Waals surface area contributed by atoms with Crippen molar-refractivity contribution in [1.82, 2.24) is 15.1 Å². The molecule has 0 bridgehead atoms. The number of benzene rings is 1. The third-order valence-corrected chi connectivity index (χ3v) is 2.99. The van der Waals surface area contributed by atoms with Crippen LogP contribution in [0.2, 0.25) is 0 Å². The van der Waals surface area contributed by atoms with E-state index in [1.54, 1.807) is 12.1 Å². The molecule has 0 aliphatic rings. The van der Waals surface area contributed by atoms with E-state index in [1.807, 2.05) is 18.2 Å². The Morgan fingerprint density at radius 3 is 2.75 bits per heavy atom. The summed E-state index contributed by atoms with van der Waals surface area (Å²) in [7, 11) is 0. The Labute approximate surface area is 117 Å². The van der Waals surface area contributed by atoms with Gasteiger partial charge in [0.1, 0.15) is 11.4 Å². The van der Waals surface area contributed by atoms with Crippen molar-refractivity contribution in [3.63, 3.8) is 0 Å². The molecule has 0 spiro atoms. The van der Waals surface area contributed by atoms with Crippen molar-refractivity contribution in [2.45, 2.75) is 26.3 Å². The molecule has 2 N–H and O–H groups in total. The lowest BCUT2D eigenvalue weighted by atomic mass is 10.3. The molecule has 0 amide bonds. The van der Waals surface area contributed by atoms with Gasteiger partial charge in [-0.25, -0.2) is 0 Å². The summed E-state index contributed by atoms with van der Waals surface area (Å²) >= 11 is 0. The average molecular weight is 273 g/mol. The highest BCUT2D eigenvalue weighted by molar-refractivity contribution is 5.32. The summed E-state index contributed by atoms with van der Waals surface area (Å²) in [6.45, 7) is 3.42. The topological polar surface area (TPSA) is 67.2 Å². The minimum Gasteiger partial charge on any atom is -0.506 e. The first-order valence-electron chi connectivity index (χ1n) is 6.80. The monoisotopic (exact) mass is 273 g/mol. The maximum atomic E-state index is 11.9. The molecule has 5 heteroatoms. The summed E-state index contributed by atoms with van der Waals surface area (Å²) in [5.41, 5.74) is 0.822. The molecule has 0 fully saturated rings. The van der Waals surface area contributed by atoms with E-state index in [2.05, 4.69) is 17.3 Å². The Hall–Kier alpha value is -2.14. The van der Waals surface area contributed by atoms with Gasteiger partial charge in [0, 0.05) is 12.6 Å². The van der Waals surface area contributed by atoms with E-state index in [9.17, 15) is 9.90 Å². The van der Waals surface area contributed by atoms with Crippen molar-refractivity contribution in [1.29, 1.82) is 0 Å². The van der Waals surface area contributed by atoms with Crippen molar-refractivity contribution >= 4 is 0 Å². The molecule has 1 aromatic heterocycles. The Bertz CT molecular complexity index is 608. The SMILES string of the molecule is CCCCNCc1nn(-c2ccccc2)c(=O)cc1O. The lowest BCUT2D eigenvalue weighted by Crippen LogP contribution is -2.24. The van der Waals surface area contributed by atoms with Crippen molar-refractivity contribution in [2.75, 3.05) is 6.54 Å². The van der Waals surface area contributed by atoms with Crippen LogP contribution in [0.1, 0.15) is 25.5 Å². The van der Waals surface area contributed by atoms with Gasteiger partial charge in [0.2, 0.25) is 0 Å². The first-order chi connectivity index (χ1) is 9.72. The van der Waals surface area contributed by atoms with Crippen molar-refractivity contribution in [3.05, 3.63) is 52.4 Å². The van der Waals surface area contributed by atoms with Gasteiger partial charge in [-0.15, -0.1) is 0 Å². The lowest BCUT2D eigenvalue weighted by Gasteiger charge is -2.09. The summed E-state index contributed by atoms with van der Waals surface area (Å²) in [6, 6.07) is 10.4. The van der Waals surface area contributed by atoms with Crippen LogP contribution >= 0.6 is 0 Å². The van der Waals surface area contributed by atoms with Crippen LogP contribution in [0, 0.1) is 0 Å². The largest absolute Gasteiger partial charge is 0.506 e. The molecular weight excluding hydrogens is 254 g/mol. The van der Waals surface area contributed by atoms with Crippen LogP contribution in [0.4, 0.5) is 0 Å². The highest BCUT2D eigenvalue weighted by Gasteiger charge is 2.08. The summed E-state index contributed by atoms with van der Waals surface area (Å²) in [5, 5.41) is 17.2. The predicted molar refractivity (Wildman–Crippen MR) is 78.1 cm³/mol. The molecule has 0 saturated heterocycles. The van der Waals surface area contributed by atoms with Gasteiger partial charge >= 0.3 is 0 Å². The Morgan fingerprint density at radius 2 is 2.05 bits per heavy atom. The molecule has 106 valence electrons. The minimum absolute atomic E-state index is 0.0637. The average Bonchev–Trinajstić information content (AvgIpc) is 2.46. The number of nitrogens with one attached hydrogen (secondary N) is 1. The first-order valence-corrected chi connectivity index (χ1v) is 6.80. The van der Waals surface area contributed by atoms with E-state index >= 15 is 0 Å². The Balaban J connectivity index is 2.24. The van der Waals surface area contributed by atoms with Gasteiger partial charge in [0.05, 0.1) is 5.69 Å². The van der Waals surface area contributed by atoms with Crippen molar-refractivity contribution < 1.29 is 5.11 Å². The maximum Gasteiger partial charge on any atom is 0.275 e. The number of rotatable bonds is 6. The van der Waals surface area contributed by atoms with E-state index in [0.717, 1.165) is 19.4 Å². The highest BCUT2D eigenvalue weighted by Crippen LogP contribution is 2.12. The van der Waals surface area contributed by atoms with E-state index in [1.165, 1.54) is 10.7 Å². The molecule has 0 radical (unpaired) electrons. The highest BCUT2D eigenvalue weighted by atomic mass is 16.3. The fourth-order valence-corrected chi connectivity index (χ4v) is 1.87. The van der Waals surface area contributed by atoms with Crippen LogP contribution in [0.25, 0.3) is 5.69 Å². The number of unbranched alkanes of at least 4 members (excludes halogenated alkanes) is 1. The van der Waals surface area contributed by atoms with E-state index < -0.39 is 0 Å². The second kappa shape index (κ2) is 6.86. The summed E-state index contributed by atoms with van der Waals surface area (Å²) < 4.78 is 1.30. The number of hydrogen-bond donors (Lipinski definition) is 2. The van der Waals surface area contributed by atoms with Crippen LogP contribution in [-0.2, 0) is 6.54 Å². The lowest BCUT2D eigenvalue weighted by molar-refractivity contribution is 0.451. The number of aromatic hydroxyl groups is 1. The van der Waals surface area contributed by atoms with Crippen LogP contribution in [-0.4, -0.2) is 21.4 Å². The zero-order chi connectivity index (χ0) is 14.4. The zero-order valence-electron chi connectivity index (χ0n) is 11.5. The van der Waals surface area contributed by atoms with Gasteiger partial charge in [-0.1, -0.05) is 31.5 Å². The molecule has 0 aliphatic heterocycles. The summed E-state index contributed by atoms with van der Waals surface area (Å²) in [4.78, 5) is 11.9. The molecule has 2 rings (SSSR count). The third-order valence-electron chi connectivity index (χ3n) is 2.99. The van der Waals surface area contributed by atoms with Gasteiger partial charge in [-0.2, -0.15) is 9.78 Å². The van der Waals surface area contributed by atoms with Gasteiger partial charge < -0.3 is 10.4 Å². The number of hydrogen-bond acceptors (Lipinski definition) is 4. The van der Waals surface area contributed by atoms with Crippen LogP contribution in [0.5, 0.6) is 5.75 Å². The zero-order valence-corrected chi connectivity index (χ0v) is 11.5. The molecule has 20 heavy (non-hydrogen) atoms. The van der Waals surface area contributed by atoms with E-state index in [0.29, 0.717) is 17.9 Å². The molecule has 1 aromatic carbocycles. The fraction of sp³-hybridized carbons (Fsp3) is 0.333. The summed E-state index contributed by atoms with van der Waals surface area (Å²) in [6.07, 6.45) is 2.18. The first kappa shape index (κ1) is 14.3. The van der Waals surface area contributed by atoms with Crippen molar-refractivity contribution in [2.24, 2.45) is 0 Å². The summed E-state index contributed by atoms with van der Waals surface area (Å²) in [5.74, 6) is -0.0637. The second-order valence-electron chi connectivity index (χ2n) is 4.59. The molecular formula is C15H19N3O2. The number of aromatic nitrogens is 2. The van der Waals surface area contributed by atoms with Gasteiger partial charge in [-0.05, 0) is 25.1 Å². The quantitative estimate of drug-likeness (QED) is 0.788. The molecule has 0 aliphatic carbocycles. The predicted octanol–water partition coefficient (Wildman–Crippen LogP) is 1.83. The molecule has 2 aromatic rings. The molecule has 0 unspecified atom stereocenters. The number of para-hydroxylation sites is 1. The maximum absolute atomic E-state index is 11.9. The Morgan fingerprint density at radius 1 is 1.30 bits per heavy atom. The van der Waals surface area contributed by atoms with Gasteiger partial charge in [0.15, 0.2) is 0 Å². The molecule has 0 atom stereocenters. The van der Waals surface area contributed by atoms with Crippen LogP contribution < -0.4 is 10.9 Å².